The molecular formula is C23H20FN5O3S. The molecule has 8 nitrogen and oxygen atoms in total. The molecule has 1 fully saturated rings. The van der Waals surface area contributed by atoms with Gasteiger partial charge < -0.3 is 9.80 Å². The van der Waals surface area contributed by atoms with E-state index in [-0.39, 0.29) is 22.1 Å². The molecular weight excluding hydrogens is 445 g/mol. The first-order chi connectivity index (χ1) is 15.9. The molecule has 1 amide bonds. The number of benzene rings is 2. The first-order valence-electron chi connectivity index (χ1n) is 10.2. The van der Waals surface area contributed by atoms with Crippen LogP contribution in [-0.4, -0.2) is 50.4 Å². The molecule has 4 rings (SSSR count). The first-order valence-corrected chi connectivity index (χ1v) is 11.6. The molecule has 0 bridgehead atoms. The van der Waals surface area contributed by atoms with Crippen molar-refractivity contribution >= 4 is 27.4 Å². The van der Waals surface area contributed by atoms with E-state index in [2.05, 4.69) is 15.8 Å². The summed E-state index contributed by atoms with van der Waals surface area (Å²) in [7, 11) is -4.08. The summed E-state index contributed by atoms with van der Waals surface area (Å²) in [4.78, 5) is 20.7. The van der Waals surface area contributed by atoms with E-state index in [4.69, 9.17) is 0 Å². The van der Waals surface area contributed by atoms with Gasteiger partial charge in [-0.3, -0.25) is 9.52 Å². The van der Waals surface area contributed by atoms with Gasteiger partial charge in [0.15, 0.2) is 0 Å². The fourth-order valence-corrected chi connectivity index (χ4v) is 4.70. The van der Waals surface area contributed by atoms with E-state index in [1.807, 2.05) is 4.90 Å². The smallest absolute Gasteiger partial charge is 0.262 e. The zero-order valence-electron chi connectivity index (χ0n) is 17.5. The number of aromatic nitrogens is 1. The summed E-state index contributed by atoms with van der Waals surface area (Å²) in [6.07, 6.45) is 1.62. The van der Waals surface area contributed by atoms with Crippen molar-refractivity contribution in [3.63, 3.8) is 0 Å². The second-order valence-electron chi connectivity index (χ2n) is 7.38. The predicted molar refractivity (Wildman–Crippen MR) is 121 cm³/mol. The lowest BCUT2D eigenvalue weighted by Gasteiger charge is -2.35. The third kappa shape index (κ3) is 4.78. The van der Waals surface area contributed by atoms with Crippen LogP contribution in [0, 0.1) is 17.1 Å². The Balaban J connectivity index is 1.47. The number of pyridine rings is 1. The summed E-state index contributed by atoms with van der Waals surface area (Å²) >= 11 is 0. The summed E-state index contributed by atoms with van der Waals surface area (Å²) < 4.78 is 41.5. The Hall–Kier alpha value is -3.97. The van der Waals surface area contributed by atoms with Gasteiger partial charge in [-0.05, 0) is 42.5 Å². The summed E-state index contributed by atoms with van der Waals surface area (Å²) in [5.41, 5.74) is 0.518. The highest BCUT2D eigenvalue weighted by Gasteiger charge is 2.25. The topological polar surface area (TPSA) is 106 Å². The summed E-state index contributed by atoms with van der Waals surface area (Å²) in [5.74, 6) is -0.419. The van der Waals surface area contributed by atoms with Gasteiger partial charge in [-0.2, -0.15) is 5.26 Å². The second-order valence-corrected chi connectivity index (χ2v) is 9.06. The monoisotopic (exact) mass is 465 g/mol. The Labute approximate surface area is 190 Å². The van der Waals surface area contributed by atoms with Crippen LogP contribution < -0.4 is 9.62 Å². The summed E-state index contributed by atoms with van der Waals surface area (Å²) in [6, 6.07) is 16.6. The maximum atomic E-state index is 13.9. The molecule has 0 unspecified atom stereocenters. The van der Waals surface area contributed by atoms with Gasteiger partial charge in [-0.15, -0.1) is 0 Å². The number of sulfonamides is 1. The maximum absolute atomic E-state index is 13.9. The minimum Gasteiger partial charge on any atom is -0.352 e. The molecule has 2 heterocycles. The number of piperazine rings is 1. The number of halogens is 1. The minimum atomic E-state index is -4.08. The number of nitrogens with one attached hydrogen (secondary N) is 1. The fourth-order valence-electron chi connectivity index (χ4n) is 3.58. The molecule has 10 heteroatoms. The molecule has 1 aromatic heterocycles. The number of hydrogen-bond acceptors (Lipinski definition) is 6. The van der Waals surface area contributed by atoms with Crippen molar-refractivity contribution in [1.82, 2.24) is 9.88 Å². The third-order valence-electron chi connectivity index (χ3n) is 5.28. The van der Waals surface area contributed by atoms with Crippen molar-refractivity contribution in [2.45, 2.75) is 4.90 Å². The Kier molecular flexibility index (Phi) is 6.24. The lowest BCUT2D eigenvalue weighted by Crippen LogP contribution is -2.49. The van der Waals surface area contributed by atoms with Gasteiger partial charge in [0.1, 0.15) is 17.7 Å². The van der Waals surface area contributed by atoms with Crippen molar-refractivity contribution in [3.8, 4) is 6.07 Å². The van der Waals surface area contributed by atoms with Gasteiger partial charge in [-0.1, -0.05) is 18.2 Å². The molecule has 33 heavy (non-hydrogen) atoms. The van der Waals surface area contributed by atoms with Crippen molar-refractivity contribution < 1.29 is 17.6 Å². The van der Waals surface area contributed by atoms with Crippen LogP contribution in [0.1, 0.15) is 15.9 Å². The van der Waals surface area contributed by atoms with Crippen LogP contribution in [0.15, 0.2) is 71.8 Å². The molecule has 1 saturated heterocycles. The molecule has 168 valence electrons. The van der Waals surface area contributed by atoms with E-state index in [9.17, 15) is 22.9 Å². The molecule has 0 atom stereocenters. The third-order valence-corrected chi connectivity index (χ3v) is 6.65. The molecule has 3 aromatic rings. The van der Waals surface area contributed by atoms with E-state index >= 15 is 0 Å². The van der Waals surface area contributed by atoms with E-state index in [0.29, 0.717) is 37.6 Å². The van der Waals surface area contributed by atoms with Crippen LogP contribution in [0.3, 0.4) is 0 Å². The maximum Gasteiger partial charge on any atom is 0.262 e. The van der Waals surface area contributed by atoms with Crippen molar-refractivity contribution in [2.24, 2.45) is 0 Å². The molecule has 0 saturated carbocycles. The Morgan fingerprint density at radius 3 is 2.52 bits per heavy atom. The highest BCUT2D eigenvalue weighted by atomic mass is 32.2. The molecule has 1 N–H and O–H groups in total. The molecule has 0 spiro atoms. The summed E-state index contributed by atoms with van der Waals surface area (Å²) in [5, 5.41) is 9.28. The number of nitrogens with zero attached hydrogens (tertiary/aromatic N) is 4. The zero-order valence-corrected chi connectivity index (χ0v) is 18.3. The Morgan fingerprint density at radius 2 is 1.79 bits per heavy atom. The van der Waals surface area contributed by atoms with Crippen LogP contribution in [0.5, 0.6) is 0 Å². The van der Waals surface area contributed by atoms with Crippen LogP contribution >= 0.6 is 0 Å². The zero-order chi connectivity index (χ0) is 23.4. The number of carbonyl (C=O) groups excluding carboxylic acids is 1. The Bertz CT molecular complexity index is 1330. The van der Waals surface area contributed by atoms with Gasteiger partial charge in [0, 0.05) is 37.9 Å². The SMILES string of the molecule is N#Cc1cccnc1N1CCN(C(=O)c2cccc(S(=O)(=O)Nc3ccccc3F)c2)CC1. The highest BCUT2D eigenvalue weighted by molar-refractivity contribution is 7.92. The number of nitriles is 1. The lowest BCUT2D eigenvalue weighted by molar-refractivity contribution is 0.0746. The largest absolute Gasteiger partial charge is 0.352 e. The number of hydrogen-bond donors (Lipinski definition) is 1. The standard InChI is InChI=1S/C23H20FN5O3S/c24-20-8-1-2-9-21(20)27-33(31,32)19-7-3-5-17(15-19)23(30)29-13-11-28(12-14-29)22-18(16-25)6-4-10-26-22/h1-10,15,27H,11-14H2. The van der Waals surface area contributed by atoms with Gasteiger partial charge in [0.25, 0.3) is 15.9 Å². The second kappa shape index (κ2) is 9.26. The first kappa shape index (κ1) is 22.2. The summed E-state index contributed by atoms with van der Waals surface area (Å²) in [6.45, 7) is 1.77. The van der Waals surface area contributed by atoms with Crippen LogP contribution in [0.25, 0.3) is 0 Å². The average molecular weight is 466 g/mol. The van der Waals surface area contributed by atoms with E-state index in [0.717, 1.165) is 6.07 Å². The van der Waals surface area contributed by atoms with Gasteiger partial charge in [-0.25, -0.2) is 17.8 Å². The van der Waals surface area contributed by atoms with Crippen LogP contribution in [-0.2, 0) is 10.0 Å². The minimum absolute atomic E-state index is 0.137. The predicted octanol–water partition coefficient (Wildman–Crippen LogP) is 2.86. The van der Waals surface area contributed by atoms with Gasteiger partial charge in [0.2, 0.25) is 0 Å². The number of amides is 1. The number of carbonyl (C=O) groups is 1. The van der Waals surface area contributed by atoms with Crippen LogP contribution in [0.4, 0.5) is 15.9 Å². The lowest BCUT2D eigenvalue weighted by atomic mass is 10.1. The van der Waals surface area contributed by atoms with Gasteiger partial charge >= 0.3 is 0 Å². The van der Waals surface area contributed by atoms with Gasteiger partial charge in [0.05, 0.1) is 16.1 Å². The quantitative estimate of drug-likeness (QED) is 0.621. The molecule has 1 aliphatic rings. The van der Waals surface area contributed by atoms with E-state index in [1.54, 1.807) is 29.3 Å². The molecule has 0 radical (unpaired) electrons. The van der Waals surface area contributed by atoms with Crippen molar-refractivity contribution in [1.29, 1.82) is 5.26 Å². The van der Waals surface area contributed by atoms with Crippen molar-refractivity contribution in [3.05, 3.63) is 83.8 Å². The Morgan fingerprint density at radius 1 is 1.03 bits per heavy atom. The van der Waals surface area contributed by atoms with Crippen LogP contribution in [0.2, 0.25) is 0 Å². The highest BCUT2D eigenvalue weighted by Crippen LogP contribution is 2.22. The molecule has 2 aromatic carbocycles. The number of anilines is 2. The number of rotatable bonds is 5. The average Bonchev–Trinajstić information content (AvgIpc) is 2.85. The molecule has 0 aliphatic carbocycles. The molecule has 1 aliphatic heterocycles. The van der Waals surface area contributed by atoms with E-state index < -0.39 is 15.8 Å². The number of para-hydroxylation sites is 1. The van der Waals surface area contributed by atoms with Crippen molar-refractivity contribution in [2.75, 3.05) is 35.8 Å². The van der Waals surface area contributed by atoms with E-state index in [1.165, 1.54) is 36.4 Å². The normalized spacial score (nSPS) is 13.9. The fraction of sp³-hybridized carbons (Fsp3) is 0.174.